The summed E-state index contributed by atoms with van der Waals surface area (Å²) in [6.45, 7) is 2.71. The molecule has 29 heavy (non-hydrogen) atoms. The third-order valence-corrected chi connectivity index (χ3v) is 4.85. The van der Waals surface area contributed by atoms with Gasteiger partial charge >= 0.3 is 5.97 Å². The highest BCUT2D eigenvalue weighted by Crippen LogP contribution is 2.30. The minimum absolute atomic E-state index is 0.114. The lowest BCUT2D eigenvalue weighted by Gasteiger charge is -2.25. The van der Waals surface area contributed by atoms with Gasteiger partial charge in [0.2, 0.25) is 5.95 Å². The van der Waals surface area contributed by atoms with Crippen molar-refractivity contribution in [1.82, 2.24) is 19.9 Å². The van der Waals surface area contributed by atoms with Crippen molar-refractivity contribution in [2.24, 2.45) is 0 Å². The molecule has 8 nitrogen and oxygen atoms in total. The van der Waals surface area contributed by atoms with E-state index in [0.29, 0.717) is 18.0 Å². The number of hydrogen-bond donors (Lipinski definition) is 3. The van der Waals surface area contributed by atoms with Gasteiger partial charge in [-0.15, -0.1) is 0 Å². The molecule has 1 saturated heterocycles. The first-order chi connectivity index (χ1) is 14.0. The number of carboxylic acids is 1. The second-order valence-corrected chi connectivity index (χ2v) is 6.98. The van der Waals surface area contributed by atoms with Crippen LogP contribution in [0.2, 0.25) is 0 Å². The van der Waals surface area contributed by atoms with E-state index in [-0.39, 0.29) is 29.2 Å². The van der Waals surface area contributed by atoms with Crippen LogP contribution < -0.4 is 5.32 Å². The Labute approximate surface area is 166 Å². The smallest absolute Gasteiger partial charge is 0.335 e. The molecule has 0 aliphatic carbocycles. The number of benzene rings is 1. The zero-order valence-corrected chi connectivity index (χ0v) is 15.7. The SMILES string of the molecule is CC1CC(c2ncc(-c3nc(Nc4ccc(C(=O)O)cc4)ncc3F)[nH]2)CCO1. The van der Waals surface area contributed by atoms with E-state index < -0.39 is 11.8 Å². The minimum Gasteiger partial charge on any atom is -0.478 e. The molecule has 9 heteroatoms. The van der Waals surface area contributed by atoms with E-state index in [1.54, 1.807) is 18.3 Å². The number of nitrogens with one attached hydrogen (secondary N) is 2. The predicted molar refractivity (Wildman–Crippen MR) is 104 cm³/mol. The molecule has 3 aromatic rings. The number of nitrogens with zero attached hydrogens (tertiary/aromatic N) is 3. The van der Waals surface area contributed by atoms with Crippen LogP contribution in [0, 0.1) is 5.82 Å². The van der Waals surface area contributed by atoms with Crippen LogP contribution in [-0.4, -0.2) is 43.7 Å². The second-order valence-electron chi connectivity index (χ2n) is 6.98. The van der Waals surface area contributed by atoms with Gasteiger partial charge < -0.3 is 20.1 Å². The average Bonchev–Trinajstić information content (AvgIpc) is 3.20. The highest BCUT2D eigenvalue weighted by Gasteiger charge is 2.24. The molecule has 4 rings (SSSR count). The largest absolute Gasteiger partial charge is 0.478 e. The van der Waals surface area contributed by atoms with Crippen molar-refractivity contribution in [1.29, 1.82) is 0 Å². The fourth-order valence-electron chi connectivity index (χ4n) is 3.35. The zero-order valence-electron chi connectivity index (χ0n) is 15.7. The maximum absolute atomic E-state index is 14.4. The van der Waals surface area contributed by atoms with Crippen molar-refractivity contribution in [3.63, 3.8) is 0 Å². The molecule has 2 unspecified atom stereocenters. The summed E-state index contributed by atoms with van der Waals surface area (Å²) < 4.78 is 19.9. The number of halogens is 1. The van der Waals surface area contributed by atoms with Gasteiger partial charge in [0.15, 0.2) is 5.82 Å². The molecule has 150 valence electrons. The van der Waals surface area contributed by atoms with E-state index in [2.05, 4.69) is 25.3 Å². The third kappa shape index (κ3) is 4.24. The Balaban J connectivity index is 1.55. The van der Waals surface area contributed by atoms with E-state index in [1.165, 1.54) is 12.1 Å². The van der Waals surface area contributed by atoms with Gasteiger partial charge in [-0.1, -0.05) is 0 Å². The van der Waals surface area contributed by atoms with Crippen molar-refractivity contribution in [3.8, 4) is 11.4 Å². The standard InChI is InChI=1S/C20H20FN5O3/c1-11-8-13(6-7-29-11)18-22-10-16(25-18)17-15(21)9-23-20(26-17)24-14-4-2-12(3-5-14)19(27)28/h2-5,9-11,13H,6-8H2,1H3,(H,22,25)(H,27,28)(H,23,24,26). The molecule has 3 heterocycles. The van der Waals surface area contributed by atoms with Crippen LogP contribution >= 0.6 is 0 Å². The number of ether oxygens (including phenoxy) is 1. The fourth-order valence-corrected chi connectivity index (χ4v) is 3.35. The molecule has 1 aliphatic heterocycles. The summed E-state index contributed by atoms with van der Waals surface area (Å²) in [4.78, 5) is 26.8. The van der Waals surface area contributed by atoms with Crippen molar-refractivity contribution in [3.05, 3.63) is 53.9 Å². The van der Waals surface area contributed by atoms with Gasteiger partial charge in [-0.25, -0.2) is 24.1 Å². The summed E-state index contributed by atoms with van der Waals surface area (Å²) in [5.74, 6) is -0.340. The summed E-state index contributed by atoms with van der Waals surface area (Å²) in [6.07, 6.45) is 4.56. The summed E-state index contributed by atoms with van der Waals surface area (Å²) in [5.41, 5.74) is 1.35. The average molecular weight is 397 g/mol. The van der Waals surface area contributed by atoms with Crippen molar-refractivity contribution in [2.45, 2.75) is 31.8 Å². The van der Waals surface area contributed by atoms with E-state index >= 15 is 0 Å². The Morgan fingerprint density at radius 1 is 1.28 bits per heavy atom. The first-order valence-corrected chi connectivity index (χ1v) is 9.29. The Morgan fingerprint density at radius 3 is 2.79 bits per heavy atom. The first-order valence-electron chi connectivity index (χ1n) is 9.29. The number of carboxylic acid groups (broad SMARTS) is 1. The number of aromatic amines is 1. The van der Waals surface area contributed by atoms with Gasteiger partial charge in [0.05, 0.1) is 29.8 Å². The Morgan fingerprint density at radius 2 is 2.07 bits per heavy atom. The summed E-state index contributed by atoms with van der Waals surface area (Å²) >= 11 is 0. The van der Waals surface area contributed by atoms with Crippen LogP contribution in [0.15, 0.2) is 36.7 Å². The molecule has 0 spiro atoms. The molecule has 0 bridgehead atoms. The quantitative estimate of drug-likeness (QED) is 0.601. The lowest BCUT2D eigenvalue weighted by atomic mass is 9.96. The number of aromatic nitrogens is 4. The Bertz CT molecular complexity index is 1020. The molecule has 3 N–H and O–H groups in total. The van der Waals surface area contributed by atoms with Crippen LogP contribution in [0.4, 0.5) is 16.0 Å². The van der Waals surface area contributed by atoms with E-state index in [1.807, 2.05) is 6.92 Å². The van der Waals surface area contributed by atoms with Crippen LogP contribution in [0.25, 0.3) is 11.4 Å². The Hall–Kier alpha value is -3.33. The number of H-pyrrole nitrogens is 1. The van der Waals surface area contributed by atoms with Crippen LogP contribution in [0.3, 0.4) is 0 Å². The van der Waals surface area contributed by atoms with E-state index in [9.17, 15) is 9.18 Å². The van der Waals surface area contributed by atoms with Gasteiger partial charge in [-0.2, -0.15) is 0 Å². The number of hydrogen-bond acceptors (Lipinski definition) is 6. The number of carbonyl (C=O) groups is 1. The monoisotopic (exact) mass is 397 g/mol. The maximum Gasteiger partial charge on any atom is 0.335 e. The molecule has 0 saturated carbocycles. The summed E-state index contributed by atoms with van der Waals surface area (Å²) in [5, 5.41) is 11.9. The second kappa shape index (κ2) is 7.96. The molecule has 1 aliphatic rings. The number of aromatic carboxylic acids is 1. The van der Waals surface area contributed by atoms with Crippen molar-refractivity contribution in [2.75, 3.05) is 11.9 Å². The van der Waals surface area contributed by atoms with Gasteiger partial charge in [0.1, 0.15) is 11.5 Å². The van der Waals surface area contributed by atoms with Gasteiger partial charge in [-0.05, 0) is 44.0 Å². The lowest BCUT2D eigenvalue weighted by molar-refractivity contribution is 0.0174. The number of rotatable bonds is 5. The summed E-state index contributed by atoms with van der Waals surface area (Å²) in [7, 11) is 0. The van der Waals surface area contributed by atoms with Gasteiger partial charge in [0.25, 0.3) is 0 Å². The van der Waals surface area contributed by atoms with Crippen LogP contribution in [0.5, 0.6) is 0 Å². The van der Waals surface area contributed by atoms with Crippen LogP contribution in [-0.2, 0) is 4.74 Å². The minimum atomic E-state index is -1.01. The molecule has 1 aromatic carbocycles. The van der Waals surface area contributed by atoms with Crippen molar-refractivity contribution >= 4 is 17.6 Å². The molecule has 0 radical (unpaired) electrons. The van der Waals surface area contributed by atoms with Crippen LogP contribution in [0.1, 0.15) is 41.9 Å². The molecule has 1 fully saturated rings. The predicted octanol–water partition coefficient (Wildman–Crippen LogP) is 3.73. The molecular formula is C20H20FN5O3. The highest BCUT2D eigenvalue weighted by molar-refractivity contribution is 5.88. The lowest BCUT2D eigenvalue weighted by Crippen LogP contribution is -2.22. The van der Waals surface area contributed by atoms with E-state index in [0.717, 1.165) is 24.9 Å². The van der Waals surface area contributed by atoms with Gasteiger partial charge in [0, 0.05) is 18.2 Å². The maximum atomic E-state index is 14.4. The molecule has 0 amide bonds. The molecule has 2 atom stereocenters. The third-order valence-electron chi connectivity index (χ3n) is 4.85. The zero-order chi connectivity index (χ0) is 20.4. The Kier molecular flexibility index (Phi) is 5.22. The summed E-state index contributed by atoms with van der Waals surface area (Å²) in [6, 6.07) is 6.11. The highest BCUT2D eigenvalue weighted by atomic mass is 19.1. The first kappa shape index (κ1) is 19.0. The van der Waals surface area contributed by atoms with Crippen molar-refractivity contribution < 1.29 is 19.0 Å². The normalized spacial score (nSPS) is 19.1. The number of imidazole rings is 1. The van der Waals surface area contributed by atoms with E-state index in [4.69, 9.17) is 9.84 Å². The van der Waals surface area contributed by atoms with Gasteiger partial charge in [-0.3, -0.25) is 0 Å². The molecular weight excluding hydrogens is 377 g/mol. The fraction of sp³-hybridized carbons (Fsp3) is 0.300. The topological polar surface area (TPSA) is 113 Å². The number of anilines is 2. The molecule has 2 aromatic heterocycles.